The van der Waals surface area contributed by atoms with E-state index in [1.807, 2.05) is 30.3 Å². The summed E-state index contributed by atoms with van der Waals surface area (Å²) in [4.78, 5) is 31.1. The molecule has 11 heteroatoms. The summed E-state index contributed by atoms with van der Waals surface area (Å²) >= 11 is 0. The highest BCUT2D eigenvalue weighted by Gasteiger charge is 2.30. The Balaban J connectivity index is 1.07. The molecule has 1 saturated carbocycles. The van der Waals surface area contributed by atoms with E-state index < -0.39 is 0 Å². The molecule has 11 nitrogen and oxygen atoms in total. The number of likely N-dealkylation sites (N-methyl/N-ethyl adjacent to an activating group) is 1. The SMILES string of the molecule is CN1CCN(CCNC(=O)[C@H]2CC[C@@H](Nc3ncc4nnn(-c5ccc6ncccc6c5)c4n3)C2)CC1. The van der Waals surface area contributed by atoms with Crippen LogP contribution in [-0.2, 0) is 4.79 Å². The first-order chi connectivity index (χ1) is 18.1. The van der Waals surface area contributed by atoms with Crippen LogP contribution in [0.5, 0.6) is 0 Å². The first-order valence-corrected chi connectivity index (χ1v) is 13.0. The lowest BCUT2D eigenvalue weighted by Gasteiger charge is -2.32. The minimum atomic E-state index is 0.0205. The van der Waals surface area contributed by atoms with Crippen molar-refractivity contribution in [3.05, 3.63) is 42.7 Å². The van der Waals surface area contributed by atoms with Crippen LogP contribution in [0.15, 0.2) is 42.7 Å². The van der Waals surface area contributed by atoms with Crippen molar-refractivity contribution in [2.24, 2.45) is 5.92 Å². The zero-order valence-electron chi connectivity index (χ0n) is 21.0. The van der Waals surface area contributed by atoms with Gasteiger partial charge in [-0.3, -0.25) is 14.7 Å². The maximum Gasteiger partial charge on any atom is 0.225 e. The van der Waals surface area contributed by atoms with E-state index in [0.717, 1.165) is 68.6 Å². The highest BCUT2D eigenvalue weighted by molar-refractivity contribution is 5.82. The van der Waals surface area contributed by atoms with Crippen molar-refractivity contribution in [3.63, 3.8) is 0 Å². The van der Waals surface area contributed by atoms with E-state index in [-0.39, 0.29) is 17.9 Å². The number of amides is 1. The maximum atomic E-state index is 12.8. The van der Waals surface area contributed by atoms with E-state index in [4.69, 9.17) is 4.98 Å². The number of carbonyl (C=O) groups excluding carboxylic acids is 1. The monoisotopic (exact) mass is 500 g/mol. The van der Waals surface area contributed by atoms with E-state index >= 15 is 0 Å². The second-order valence-electron chi connectivity index (χ2n) is 10.1. The van der Waals surface area contributed by atoms with Crippen molar-refractivity contribution in [3.8, 4) is 5.69 Å². The van der Waals surface area contributed by atoms with E-state index in [9.17, 15) is 4.79 Å². The van der Waals surface area contributed by atoms with E-state index in [1.165, 1.54) is 0 Å². The van der Waals surface area contributed by atoms with Crippen LogP contribution in [0.3, 0.4) is 0 Å². The molecule has 1 aromatic carbocycles. The summed E-state index contributed by atoms with van der Waals surface area (Å²) in [5.41, 5.74) is 3.05. The molecular weight excluding hydrogens is 468 g/mol. The number of hydrogen-bond acceptors (Lipinski definition) is 9. The van der Waals surface area contributed by atoms with Crippen molar-refractivity contribution < 1.29 is 4.79 Å². The van der Waals surface area contributed by atoms with Gasteiger partial charge in [0.2, 0.25) is 11.9 Å². The van der Waals surface area contributed by atoms with Crippen molar-refractivity contribution >= 4 is 33.9 Å². The molecule has 1 saturated heterocycles. The van der Waals surface area contributed by atoms with Gasteiger partial charge in [-0.25, -0.2) is 4.98 Å². The number of carbonyl (C=O) groups is 1. The smallest absolute Gasteiger partial charge is 0.225 e. The normalized spacial score (nSPS) is 21.0. The van der Waals surface area contributed by atoms with Crippen molar-refractivity contribution in [1.29, 1.82) is 0 Å². The molecule has 2 N–H and O–H groups in total. The number of nitrogens with one attached hydrogen (secondary N) is 2. The minimum Gasteiger partial charge on any atom is -0.355 e. The Bertz CT molecular complexity index is 1400. The Morgan fingerprint density at radius 3 is 2.86 bits per heavy atom. The third-order valence-corrected chi connectivity index (χ3v) is 7.48. The Morgan fingerprint density at radius 2 is 1.97 bits per heavy atom. The molecule has 37 heavy (non-hydrogen) atoms. The van der Waals surface area contributed by atoms with Crippen LogP contribution in [0.2, 0.25) is 0 Å². The van der Waals surface area contributed by atoms with Gasteiger partial charge in [-0.1, -0.05) is 11.3 Å². The number of aromatic nitrogens is 6. The molecule has 1 aliphatic heterocycles. The van der Waals surface area contributed by atoms with Gasteiger partial charge in [-0.2, -0.15) is 9.67 Å². The third-order valence-electron chi connectivity index (χ3n) is 7.48. The third kappa shape index (κ3) is 5.23. The van der Waals surface area contributed by atoms with Crippen LogP contribution in [-0.4, -0.2) is 98.0 Å². The summed E-state index contributed by atoms with van der Waals surface area (Å²) in [6.07, 6.45) is 6.02. The molecule has 192 valence electrons. The molecule has 1 aliphatic carbocycles. The molecule has 1 amide bonds. The summed E-state index contributed by atoms with van der Waals surface area (Å²) < 4.78 is 1.72. The lowest BCUT2D eigenvalue weighted by Crippen LogP contribution is -2.47. The Hall–Kier alpha value is -3.70. The molecule has 3 aromatic heterocycles. The van der Waals surface area contributed by atoms with E-state index in [2.05, 4.69) is 47.8 Å². The van der Waals surface area contributed by atoms with E-state index in [1.54, 1.807) is 17.1 Å². The van der Waals surface area contributed by atoms with Gasteiger partial charge in [-0.15, -0.1) is 5.10 Å². The van der Waals surface area contributed by atoms with Crippen LogP contribution in [0.25, 0.3) is 27.8 Å². The van der Waals surface area contributed by atoms with Crippen molar-refractivity contribution in [1.82, 2.24) is 45.1 Å². The first kappa shape index (κ1) is 23.7. The zero-order chi connectivity index (χ0) is 25.2. The second kappa shape index (κ2) is 10.3. The Morgan fingerprint density at radius 1 is 1.08 bits per heavy atom. The van der Waals surface area contributed by atoms with Crippen LogP contribution in [0, 0.1) is 5.92 Å². The predicted octanol–water partition coefficient (Wildman–Crippen LogP) is 1.70. The van der Waals surface area contributed by atoms with Gasteiger partial charge in [0.15, 0.2) is 11.2 Å². The average molecular weight is 501 g/mol. The van der Waals surface area contributed by atoms with Gasteiger partial charge in [0.05, 0.1) is 17.4 Å². The molecule has 0 spiro atoms. The van der Waals surface area contributed by atoms with Crippen molar-refractivity contribution in [2.75, 3.05) is 51.6 Å². The molecule has 4 heterocycles. The molecule has 2 aliphatic rings. The van der Waals surface area contributed by atoms with Gasteiger partial charge < -0.3 is 15.5 Å². The van der Waals surface area contributed by atoms with Crippen LogP contribution < -0.4 is 10.6 Å². The highest BCUT2D eigenvalue weighted by atomic mass is 16.1. The molecule has 6 rings (SSSR count). The number of nitrogens with zero attached hydrogens (tertiary/aromatic N) is 8. The van der Waals surface area contributed by atoms with Crippen molar-refractivity contribution in [2.45, 2.75) is 25.3 Å². The summed E-state index contributed by atoms with van der Waals surface area (Å²) in [5.74, 6) is 0.703. The summed E-state index contributed by atoms with van der Waals surface area (Å²) in [7, 11) is 2.15. The number of piperazine rings is 1. The van der Waals surface area contributed by atoms with Crippen LogP contribution >= 0.6 is 0 Å². The van der Waals surface area contributed by atoms with E-state index in [0.29, 0.717) is 23.7 Å². The Labute approximate surface area is 215 Å². The molecular formula is C26H32N10O. The molecule has 4 aromatic rings. The fourth-order valence-electron chi connectivity index (χ4n) is 5.25. The molecule has 0 unspecified atom stereocenters. The molecule has 2 fully saturated rings. The van der Waals surface area contributed by atoms with Gasteiger partial charge in [0.1, 0.15) is 0 Å². The molecule has 2 atom stereocenters. The van der Waals surface area contributed by atoms with Crippen LogP contribution in [0.4, 0.5) is 5.95 Å². The average Bonchev–Trinajstić information content (AvgIpc) is 3.57. The number of hydrogen-bond donors (Lipinski definition) is 2. The number of fused-ring (bicyclic) bond motifs is 2. The van der Waals surface area contributed by atoms with Gasteiger partial charge >= 0.3 is 0 Å². The fourth-order valence-corrected chi connectivity index (χ4v) is 5.25. The number of benzene rings is 1. The maximum absolute atomic E-state index is 12.8. The topological polar surface area (TPSA) is 117 Å². The number of pyridine rings is 1. The Kier molecular flexibility index (Phi) is 6.62. The quantitative estimate of drug-likeness (QED) is 0.391. The van der Waals surface area contributed by atoms with Gasteiger partial charge in [0.25, 0.3) is 0 Å². The largest absolute Gasteiger partial charge is 0.355 e. The predicted molar refractivity (Wildman–Crippen MR) is 141 cm³/mol. The zero-order valence-corrected chi connectivity index (χ0v) is 21.0. The lowest BCUT2D eigenvalue weighted by atomic mass is 10.1. The highest BCUT2D eigenvalue weighted by Crippen LogP contribution is 2.28. The first-order valence-electron chi connectivity index (χ1n) is 13.0. The van der Waals surface area contributed by atoms with Gasteiger partial charge in [0, 0.05) is 62.8 Å². The molecule has 0 radical (unpaired) electrons. The van der Waals surface area contributed by atoms with Crippen LogP contribution in [0.1, 0.15) is 19.3 Å². The standard InChI is InChI=1S/C26H32N10O/c1-34-11-13-35(14-12-34)10-9-28-25(37)19-4-5-20(15-19)30-26-29-17-23-24(31-26)36(33-32-23)21-6-7-22-18(16-21)3-2-8-27-22/h2-3,6-8,16-17,19-20H,4-5,9-15H2,1H3,(H,28,37)(H,29,30,31)/t19-,20+/m0/s1. The number of anilines is 1. The lowest BCUT2D eigenvalue weighted by molar-refractivity contribution is -0.124. The van der Waals surface area contributed by atoms with Gasteiger partial charge in [-0.05, 0) is 50.6 Å². The summed E-state index contributed by atoms with van der Waals surface area (Å²) in [6, 6.07) is 10.0. The summed E-state index contributed by atoms with van der Waals surface area (Å²) in [5, 5.41) is 16.1. The number of rotatable bonds is 7. The summed E-state index contributed by atoms with van der Waals surface area (Å²) in [6.45, 7) is 5.94. The molecule has 0 bridgehead atoms. The minimum absolute atomic E-state index is 0.0205. The second-order valence-corrected chi connectivity index (χ2v) is 10.1. The fraction of sp³-hybridized carbons (Fsp3) is 0.462.